The maximum atomic E-state index is 14.9. The number of nitrogens with one attached hydrogen (secondary N) is 4. The molecule has 88 heavy (non-hydrogen) atoms. The van der Waals surface area contributed by atoms with Crippen LogP contribution in [0.4, 0.5) is 30.6 Å². The van der Waals surface area contributed by atoms with Crippen molar-refractivity contribution in [1.29, 1.82) is 0 Å². The first-order chi connectivity index (χ1) is 42.5. The van der Waals surface area contributed by atoms with Crippen LogP contribution in [-0.2, 0) is 60.8 Å². The molecule has 12 atom stereocenters. The summed E-state index contributed by atoms with van der Waals surface area (Å²) >= 11 is 0. The molecule has 4 heterocycles. The summed E-state index contributed by atoms with van der Waals surface area (Å²) in [6, 6.07) is 31.4. The van der Waals surface area contributed by atoms with Crippen LogP contribution >= 0.6 is 0 Å². The third-order valence-corrected chi connectivity index (χ3v) is 16.5. The molecule has 8 rings (SSSR count). The number of nitrogens with zero attached hydrogens (tertiary/aromatic N) is 4. The standard InChI is InChI=1S/C66H78N8O14/c1-7-43(2)60(76)70-57(62(78)72-35-33-53-59(72)56(88-64(80)69-50-30-20-13-21-31-50)40-74(53)66(82)86-42-48-26-16-11-17-27-48)46(5)84-37-23-9-8-22-36-83-45(4)51(38-54(75)44(3)67-6)61(77)71-34-32-52-58(71)55(87-63(79)68-49-28-18-12-19-29-49)39-73(52)65(81)85-41-47-24-14-10-15-25-47/h10-21,24-31,43-46,51-53,55-59,67H,7,32-42H2,1-6H3,(H,68,79)(H,69,80)(H,70,76)/t43-,44+,45-,46-,51+,52-,53-,55+,56+,57+,58+,59+/m1/s1. The smallest absolute Gasteiger partial charge is 0.412 e. The first-order valence-electron chi connectivity index (χ1n) is 29.8. The van der Waals surface area contributed by atoms with Gasteiger partial charge < -0.3 is 48.9 Å². The van der Waals surface area contributed by atoms with E-state index in [9.17, 15) is 38.4 Å². The van der Waals surface area contributed by atoms with Crippen molar-refractivity contribution in [3.8, 4) is 23.7 Å². The number of likely N-dealkylation sites (N-methyl/N-ethyl adjacent to an activating group) is 1. The molecule has 22 nitrogen and oxygen atoms in total. The fraction of sp³-hybridized carbons (Fsp3) is 0.455. The van der Waals surface area contributed by atoms with E-state index < -0.39 is 109 Å². The van der Waals surface area contributed by atoms with Gasteiger partial charge in [0, 0.05) is 36.8 Å². The molecule has 0 aromatic heterocycles. The maximum Gasteiger partial charge on any atom is 0.412 e. The normalized spacial score (nSPS) is 21.0. The Balaban J connectivity index is 0.916. The molecule has 22 heteroatoms. The molecular formula is C66H78N8O14. The van der Waals surface area contributed by atoms with Crippen LogP contribution in [0.25, 0.3) is 0 Å². The van der Waals surface area contributed by atoms with Gasteiger partial charge in [0.15, 0.2) is 0 Å². The SMILES string of the molecule is CC[C@@H](C)C(=O)N[C@H](C(=O)N1CC[C@@H]2[C@H]1[C@@H](OC(=O)Nc1ccccc1)CN2C(=O)OCc1ccccc1)[C@@H](C)OCC#CC#CCO[C@H](C)[C@H](CC(=O)[C@H](C)NC)C(=O)N1CC[C@@H]2[C@H]1[C@@H](OC(=O)Nc1ccccc1)CN2C(=O)OCc1ccccc1. The lowest BCUT2D eigenvalue weighted by Gasteiger charge is -2.33. The van der Waals surface area contributed by atoms with Gasteiger partial charge in [0.1, 0.15) is 50.5 Å². The van der Waals surface area contributed by atoms with Crippen molar-refractivity contribution in [1.82, 2.24) is 30.2 Å². The van der Waals surface area contributed by atoms with E-state index in [1.54, 1.807) is 105 Å². The van der Waals surface area contributed by atoms with Crippen LogP contribution in [-0.4, -0.2) is 175 Å². The molecule has 0 aliphatic carbocycles. The summed E-state index contributed by atoms with van der Waals surface area (Å²) in [6.07, 6.45) is -5.47. The second-order valence-corrected chi connectivity index (χ2v) is 22.2. The summed E-state index contributed by atoms with van der Waals surface area (Å²) in [5.74, 6) is 8.17. The number of fused-ring (bicyclic) bond motifs is 2. The predicted octanol–water partition coefficient (Wildman–Crippen LogP) is 7.00. The molecule has 4 fully saturated rings. The number of carbonyl (C=O) groups excluding carboxylic acids is 8. The molecule has 4 aliphatic heterocycles. The third-order valence-electron chi connectivity index (χ3n) is 16.5. The van der Waals surface area contributed by atoms with Gasteiger partial charge in [-0.15, -0.1) is 0 Å². The van der Waals surface area contributed by atoms with E-state index >= 15 is 0 Å². The lowest BCUT2D eigenvalue weighted by Crippen LogP contribution is -2.58. The molecule has 466 valence electrons. The molecule has 0 bridgehead atoms. The lowest BCUT2D eigenvalue weighted by atomic mass is 9.92. The maximum absolute atomic E-state index is 14.9. The molecule has 4 aliphatic rings. The second kappa shape index (κ2) is 31.6. The number of likely N-dealkylation sites (tertiary alicyclic amines) is 4. The van der Waals surface area contributed by atoms with Crippen LogP contribution in [0.1, 0.15) is 71.4 Å². The minimum Gasteiger partial charge on any atom is -0.445 e. The molecule has 4 saturated heterocycles. The number of para-hydroxylation sites is 2. The topological polar surface area (TPSA) is 253 Å². The van der Waals surface area contributed by atoms with E-state index in [1.807, 2.05) is 67.6 Å². The molecule has 4 N–H and O–H groups in total. The number of ether oxygens (including phenoxy) is 6. The average molecular weight is 1210 g/mol. The van der Waals surface area contributed by atoms with Gasteiger partial charge in [-0.3, -0.25) is 39.6 Å². The fourth-order valence-corrected chi connectivity index (χ4v) is 11.4. The quantitative estimate of drug-likeness (QED) is 0.0431. The number of carbonyl (C=O) groups is 8. The van der Waals surface area contributed by atoms with Crippen LogP contribution in [0, 0.1) is 35.5 Å². The predicted molar refractivity (Wildman–Crippen MR) is 325 cm³/mol. The van der Waals surface area contributed by atoms with E-state index in [4.69, 9.17) is 28.4 Å². The van der Waals surface area contributed by atoms with Crippen LogP contribution in [0.2, 0.25) is 0 Å². The fourth-order valence-electron chi connectivity index (χ4n) is 11.4. The molecule has 0 spiro atoms. The molecule has 0 unspecified atom stereocenters. The molecule has 0 saturated carbocycles. The highest BCUT2D eigenvalue weighted by molar-refractivity contribution is 5.91. The van der Waals surface area contributed by atoms with Crippen LogP contribution < -0.4 is 21.3 Å². The zero-order valence-electron chi connectivity index (χ0n) is 50.5. The van der Waals surface area contributed by atoms with Crippen LogP contribution in [0.3, 0.4) is 0 Å². The van der Waals surface area contributed by atoms with E-state index in [0.29, 0.717) is 30.6 Å². The molecule has 4 aromatic carbocycles. The molecule has 4 aromatic rings. The zero-order valence-corrected chi connectivity index (χ0v) is 50.5. The van der Waals surface area contributed by atoms with Crippen molar-refractivity contribution in [3.05, 3.63) is 132 Å². The van der Waals surface area contributed by atoms with Gasteiger partial charge >= 0.3 is 24.4 Å². The number of Topliss-reactive ketones (excluding diaryl/α,β-unsaturated/α-hetero) is 1. The molecule has 0 radical (unpaired) electrons. The number of anilines is 2. The van der Waals surface area contributed by atoms with Gasteiger partial charge in [0.2, 0.25) is 17.7 Å². The van der Waals surface area contributed by atoms with Crippen molar-refractivity contribution >= 4 is 59.3 Å². The molecular weight excluding hydrogens is 1130 g/mol. The van der Waals surface area contributed by atoms with E-state index in [0.717, 1.165) is 11.1 Å². The third kappa shape index (κ3) is 17.0. The van der Waals surface area contributed by atoms with E-state index in [-0.39, 0.29) is 70.7 Å². The van der Waals surface area contributed by atoms with E-state index in [1.165, 1.54) is 9.80 Å². The van der Waals surface area contributed by atoms with Crippen molar-refractivity contribution < 1.29 is 66.8 Å². The first kappa shape index (κ1) is 65.0. The summed E-state index contributed by atoms with van der Waals surface area (Å²) in [4.78, 5) is 117. The van der Waals surface area contributed by atoms with Crippen LogP contribution in [0.5, 0.6) is 0 Å². The van der Waals surface area contributed by atoms with Gasteiger partial charge in [-0.1, -0.05) is 123 Å². The Hall–Kier alpha value is -8.96. The summed E-state index contributed by atoms with van der Waals surface area (Å²) in [6.45, 7) is 8.55. The number of amides is 7. The van der Waals surface area contributed by atoms with Crippen molar-refractivity contribution in [2.75, 3.05) is 57.1 Å². The average Bonchev–Trinajstić information content (AvgIpc) is 1.70. The van der Waals surface area contributed by atoms with Crippen LogP contribution in [0.15, 0.2) is 121 Å². The Kier molecular flexibility index (Phi) is 23.4. The summed E-state index contributed by atoms with van der Waals surface area (Å²) in [7, 11) is 1.65. The summed E-state index contributed by atoms with van der Waals surface area (Å²) < 4.78 is 35.7. The van der Waals surface area contributed by atoms with Gasteiger partial charge in [-0.05, 0) is 94.3 Å². The van der Waals surface area contributed by atoms with E-state index in [2.05, 4.69) is 44.9 Å². The Morgan fingerprint density at radius 3 is 1.44 bits per heavy atom. The first-order valence-corrected chi connectivity index (χ1v) is 29.8. The summed E-state index contributed by atoms with van der Waals surface area (Å²) in [5, 5.41) is 11.3. The Morgan fingerprint density at radius 2 is 1.00 bits per heavy atom. The molecule has 7 amide bonds. The highest BCUT2D eigenvalue weighted by Crippen LogP contribution is 2.38. The van der Waals surface area contributed by atoms with Gasteiger partial charge in [0.05, 0.1) is 61.4 Å². The number of hydrogen-bond donors (Lipinski definition) is 4. The number of hydrogen-bond acceptors (Lipinski definition) is 15. The minimum absolute atomic E-state index is 0.0109. The van der Waals surface area contributed by atoms with Gasteiger partial charge in [0.25, 0.3) is 0 Å². The Labute approximate surface area is 513 Å². The largest absolute Gasteiger partial charge is 0.445 e. The van der Waals surface area contributed by atoms with Crippen molar-refractivity contribution in [2.24, 2.45) is 11.8 Å². The van der Waals surface area contributed by atoms with Gasteiger partial charge in [-0.2, -0.15) is 0 Å². The Morgan fingerprint density at radius 1 is 0.568 bits per heavy atom. The highest BCUT2D eigenvalue weighted by Gasteiger charge is 2.57. The highest BCUT2D eigenvalue weighted by atomic mass is 16.6. The second-order valence-electron chi connectivity index (χ2n) is 22.2. The minimum atomic E-state index is -1.21. The van der Waals surface area contributed by atoms with Gasteiger partial charge in [-0.25, -0.2) is 19.2 Å². The number of rotatable bonds is 23. The van der Waals surface area contributed by atoms with Crippen molar-refractivity contribution in [3.63, 3.8) is 0 Å². The lowest BCUT2D eigenvalue weighted by molar-refractivity contribution is -0.145. The Bertz CT molecular complexity index is 2960. The monoisotopic (exact) mass is 1210 g/mol. The van der Waals surface area contributed by atoms with Crippen molar-refractivity contribution in [2.45, 2.75) is 134 Å². The zero-order chi connectivity index (χ0) is 62.7. The summed E-state index contributed by atoms with van der Waals surface area (Å²) in [5.41, 5.74) is 2.55. The number of benzene rings is 4. The number of ketones is 1.